The van der Waals surface area contributed by atoms with Gasteiger partial charge >= 0.3 is 0 Å². The molecular weight excluding hydrogens is 296 g/mol. The quantitative estimate of drug-likeness (QED) is 0.637. The Morgan fingerprint density at radius 1 is 1.35 bits per heavy atom. The number of aromatic nitrogens is 5. The van der Waals surface area contributed by atoms with Crippen LogP contribution in [0.5, 0.6) is 5.75 Å². The highest BCUT2D eigenvalue weighted by atomic mass is 16.5. The van der Waals surface area contributed by atoms with Crippen molar-refractivity contribution in [2.75, 3.05) is 6.61 Å². The van der Waals surface area contributed by atoms with E-state index in [1.807, 2.05) is 35.0 Å². The minimum atomic E-state index is -0.625. The molecule has 0 unspecified atom stereocenters. The molecule has 0 saturated heterocycles. The summed E-state index contributed by atoms with van der Waals surface area (Å²) in [6, 6.07) is 7.31. The number of primary amides is 1. The molecule has 0 saturated carbocycles. The number of hydrogen-bond acceptors (Lipinski definition) is 5. The molecule has 0 radical (unpaired) electrons. The SMILES string of the molecule is NC(=O)c1n[nH]nc1-c1cccc(OCCCn2ccnc2)c1. The molecule has 1 amide bonds. The summed E-state index contributed by atoms with van der Waals surface area (Å²) in [5.41, 5.74) is 6.53. The summed E-state index contributed by atoms with van der Waals surface area (Å²) in [7, 11) is 0. The van der Waals surface area contributed by atoms with Gasteiger partial charge in [0.15, 0.2) is 5.69 Å². The van der Waals surface area contributed by atoms with Crippen molar-refractivity contribution in [1.82, 2.24) is 25.0 Å². The van der Waals surface area contributed by atoms with Crippen LogP contribution >= 0.6 is 0 Å². The average Bonchev–Trinajstić information content (AvgIpc) is 3.23. The van der Waals surface area contributed by atoms with Crippen LogP contribution in [0.1, 0.15) is 16.9 Å². The Labute approximate surface area is 132 Å². The zero-order chi connectivity index (χ0) is 16.1. The van der Waals surface area contributed by atoms with E-state index in [9.17, 15) is 4.79 Å². The number of nitrogens with two attached hydrogens (primary N) is 1. The minimum absolute atomic E-state index is 0.113. The van der Waals surface area contributed by atoms with E-state index in [2.05, 4.69) is 20.4 Å². The normalized spacial score (nSPS) is 10.6. The first-order valence-corrected chi connectivity index (χ1v) is 7.13. The first-order valence-electron chi connectivity index (χ1n) is 7.13. The van der Waals surface area contributed by atoms with E-state index in [1.54, 1.807) is 12.5 Å². The number of aryl methyl sites for hydroxylation is 1. The van der Waals surface area contributed by atoms with Gasteiger partial charge in [-0.1, -0.05) is 12.1 Å². The maximum absolute atomic E-state index is 11.3. The number of aromatic amines is 1. The molecule has 0 atom stereocenters. The lowest BCUT2D eigenvalue weighted by molar-refractivity contribution is 0.0996. The maximum atomic E-state index is 11.3. The van der Waals surface area contributed by atoms with Gasteiger partial charge in [0.05, 0.1) is 12.9 Å². The Bertz CT molecular complexity index is 781. The fourth-order valence-corrected chi connectivity index (χ4v) is 2.19. The molecule has 0 spiro atoms. The first-order chi connectivity index (χ1) is 11.2. The van der Waals surface area contributed by atoms with Crippen LogP contribution in [0, 0.1) is 0 Å². The van der Waals surface area contributed by atoms with Crippen molar-refractivity contribution in [2.45, 2.75) is 13.0 Å². The average molecular weight is 312 g/mol. The van der Waals surface area contributed by atoms with Crippen molar-refractivity contribution in [3.63, 3.8) is 0 Å². The van der Waals surface area contributed by atoms with Crippen LogP contribution < -0.4 is 10.5 Å². The molecule has 0 aliphatic rings. The van der Waals surface area contributed by atoms with E-state index in [0.29, 0.717) is 18.1 Å². The molecule has 1 aromatic carbocycles. The second-order valence-corrected chi connectivity index (χ2v) is 4.92. The van der Waals surface area contributed by atoms with E-state index >= 15 is 0 Å². The van der Waals surface area contributed by atoms with Crippen LogP contribution in [-0.2, 0) is 6.54 Å². The molecule has 0 bridgehead atoms. The first kappa shape index (κ1) is 14.8. The van der Waals surface area contributed by atoms with Crippen molar-refractivity contribution in [1.29, 1.82) is 0 Å². The highest BCUT2D eigenvalue weighted by Crippen LogP contribution is 2.24. The molecule has 8 heteroatoms. The summed E-state index contributed by atoms with van der Waals surface area (Å²) < 4.78 is 7.73. The number of H-pyrrole nitrogens is 1. The molecule has 0 fully saturated rings. The van der Waals surface area contributed by atoms with E-state index < -0.39 is 5.91 Å². The molecule has 3 aromatic rings. The molecule has 0 aliphatic heterocycles. The molecule has 118 valence electrons. The standard InChI is InChI=1S/C15H16N6O2/c16-15(22)14-13(18-20-19-14)11-3-1-4-12(9-11)23-8-2-6-21-7-5-17-10-21/h1,3-5,7,9-10H,2,6,8H2,(H2,16,22)(H,18,19,20). The summed E-state index contributed by atoms with van der Waals surface area (Å²) >= 11 is 0. The number of amides is 1. The third kappa shape index (κ3) is 3.54. The molecule has 2 heterocycles. The van der Waals surface area contributed by atoms with Crippen molar-refractivity contribution in [3.05, 3.63) is 48.7 Å². The summed E-state index contributed by atoms with van der Waals surface area (Å²) in [6.07, 6.45) is 6.29. The third-order valence-corrected chi connectivity index (χ3v) is 3.28. The van der Waals surface area contributed by atoms with E-state index in [4.69, 9.17) is 10.5 Å². The number of ether oxygens (including phenoxy) is 1. The predicted octanol–water partition coefficient (Wildman–Crippen LogP) is 1.24. The molecule has 3 N–H and O–H groups in total. The Hall–Kier alpha value is -3.16. The smallest absolute Gasteiger partial charge is 0.271 e. The number of hydrogen-bond donors (Lipinski definition) is 2. The number of rotatable bonds is 7. The van der Waals surface area contributed by atoms with E-state index in [-0.39, 0.29) is 5.69 Å². The van der Waals surface area contributed by atoms with Gasteiger partial charge in [0.25, 0.3) is 5.91 Å². The van der Waals surface area contributed by atoms with Gasteiger partial charge in [-0.2, -0.15) is 15.4 Å². The van der Waals surface area contributed by atoms with Gasteiger partial charge < -0.3 is 15.0 Å². The topological polar surface area (TPSA) is 112 Å². The number of nitrogens with one attached hydrogen (secondary N) is 1. The molecular formula is C15H16N6O2. The van der Waals surface area contributed by atoms with E-state index in [1.165, 1.54) is 0 Å². The summed E-state index contributed by atoms with van der Waals surface area (Å²) in [4.78, 5) is 15.3. The lowest BCUT2D eigenvalue weighted by Crippen LogP contribution is -2.12. The van der Waals surface area contributed by atoms with Crippen molar-refractivity contribution in [2.24, 2.45) is 5.73 Å². The Morgan fingerprint density at radius 2 is 2.26 bits per heavy atom. The number of benzene rings is 1. The molecule has 2 aromatic heterocycles. The number of carbonyl (C=O) groups excluding carboxylic acids is 1. The van der Waals surface area contributed by atoms with Gasteiger partial charge in [-0.15, -0.1) is 0 Å². The van der Waals surface area contributed by atoms with Crippen LogP contribution in [0.2, 0.25) is 0 Å². The minimum Gasteiger partial charge on any atom is -0.494 e. The molecule has 23 heavy (non-hydrogen) atoms. The van der Waals surface area contributed by atoms with Gasteiger partial charge in [-0.25, -0.2) is 4.98 Å². The van der Waals surface area contributed by atoms with Crippen LogP contribution in [0.3, 0.4) is 0 Å². The number of imidazole rings is 1. The van der Waals surface area contributed by atoms with Gasteiger partial charge in [0.2, 0.25) is 0 Å². The Kier molecular flexibility index (Phi) is 4.32. The second-order valence-electron chi connectivity index (χ2n) is 4.92. The van der Waals surface area contributed by atoms with Crippen molar-refractivity contribution in [3.8, 4) is 17.0 Å². The maximum Gasteiger partial charge on any atom is 0.271 e. The van der Waals surface area contributed by atoms with Crippen molar-refractivity contribution >= 4 is 5.91 Å². The Morgan fingerprint density at radius 3 is 3.04 bits per heavy atom. The zero-order valence-electron chi connectivity index (χ0n) is 12.3. The van der Waals surface area contributed by atoms with E-state index in [0.717, 1.165) is 18.5 Å². The van der Waals surface area contributed by atoms with Crippen LogP contribution in [0.4, 0.5) is 0 Å². The summed E-state index contributed by atoms with van der Waals surface area (Å²) in [6.45, 7) is 1.41. The van der Waals surface area contributed by atoms with Crippen molar-refractivity contribution < 1.29 is 9.53 Å². The largest absolute Gasteiger partial charge is 0.494 e. The third-order valence-electron chi connectivity index (χ3n) is 3.28. The van der Waals surface area contributed by atoms with Gasteiger partial charge in [0.1, 0.15) is 11.4 Å². The molecule has 0 aliphatic carbocycles. The zero-order valence-corrected chi connectivity index (χ0v) is 12.3. The van der Waals surface area contributed by atoms with Crippen LogP contribution in [-0.4, -0.2) is 37.5 Å². The lowest BCUT2D eigenvalue weighted by atomic mass is 10.1. The van der Waals surface area contributed by atoms with Crippen LogP contribution in [0.25, 0.3) is 11.3 Å². The van der Waals surface area contributed by atoms with Gasteiger partial charge in [-0.3, -0.25) is 4.79 Å². The summed E-state index contributed by atoms with van der Waals surface area (Å²) in [5, 5.41) is 10.2. The Balaban J connectivity index is 1.63. The molecule has 8 nitrogen and oxygen atoms in total. The number of carbonyl (C=O) groups is 1. The monoisotopic (exact) mass is 312 g/mol. The fraction of sp³-hybridized carbons (Fsp3) is 0.200. The van der Waals surface area contributed by atoms with Crippen LogP contribution in [0.15, 0.2) is 43.0 Å². The second kappa shape index (κ2) is 6.73. The van der Waals surface area contributed by atoms with Gasteiger partial charge in [-0.05, 0) is 18.6 Å². The number of nitrogens with zero attached hydrogens (tertiary/aromatic N) is 4. The fourth-order valence-electron chi connectivity index (χ4n) is 2.19. The highest BCUT2D eigenvalue weighted by molar-refractivity contribution is 5.96. The predicted molar refractivity (Wildman–Crippen MR) is 82.7 cm³/mol. The lowest BCUT2D eigenvalue weighted by Gasteiger charge is -2.08. The van der Waals surface area contributed by atoms with Gasteiger partial charge in [0, 0.05) is 24.5 Å². The molecule has 3 rings (SSSR count). The summed E-state index contributed by atoms with van der Waals surface area (Å²) in [5.74, 6) is 0.0759. The highest BCUT2D eigenvalue weighted by Gasteiger charge is 2.15.